The maximum absolute atomic E-state index is 13.4. The van der Waals surface area contributed by atoms with Gasteiger partial charge in [0.15, 0.2) is 5.75 Å². The molecule has 0 aliphatic carbocycles. The van der Waals surface area contributed by atoms with Gasteiger partial charge in [-0.2, -0.15) is 0 Å². The number of aromatic nitrogens is 2. The van der Waals surface area contributed by atoms with Gasteiger partial charge >= 0.3 is 6.09 Å². The number of carbonyl (C=O) groups excluding carboxylic acids is 2. The maximum Gasteiger partial charge on any atom is 0.416 e. The van der Waals surface area contributed by atoms with Crippen molar-refractivity contribution < 1.29 is 23.2 Å². The highest BCUT2D eigenvalue weighted by atomic mass is 32.2. The number of pyridine rings is 2. The van der Waals surface area contributed by atoms with E-state index >= 15 is 0 Å². The molecule has 0 bridgehead atoms. The largest absolute Gasteiger partial charge is 0.494 e. The fourth-order valence-corrected chi connectivity index (χ4v) is 4.73. The Morgan fingerprint density at radius 1 is 0.895 bits per heavy atom. The van der Waals surface area contributed by atoms with Crippen molar-refractivity contribution in [1.82, 2.24) is 19.8 Å². The molecule has 5 rings (SSSR count). The Balaban J connectivity index is 1.27. The Bertz CT molecular complexity index is 1460. The highest BCUT2D eigenvalue weighted by Crippen LogP contribution is 2.38. The van der Waals surface area contributed by atoms with E-state index in [2.05, 4.69) is 9.97 Å². The fraction of sp³-hybridized carbons (Fsp3) is 0.185. The number of nitrogen functional groups attached to an aromatic ring is 1. The van der Waals surface area contributed by atoms with Gasteiger partial charge in [0.2, 0.25) is 5.88 Å². The van der Waals surface area contributed by atoms with Crippen LogP contribution in [0.15, 0.2) is 78.0 Å². The summed E-state index contributed by atoms with van der Waals surface area (Å²) in [5.41, 5.74) is 7.72. The van der Waals surface area contributed by atoms with Crippen LogP contribution in [0.25, 0.3) is 10.9 Å². The van der Waals surface area contributed by atoms with Crippen molar-refractivity contribution in [3.05, 3.63) is 78.6 Å². The van der Waals surface area contributed by atoms with Crippen LogP contribution in [0.1, 0.15) is 10.4 Å². The van der Waals surface area contributed by atoms with Crippen molar-refractivity contribution in [2.45, 2.75) is 4.90 Å². The molecule has 2 amide bonds. The highest BCUT2D eigenvalue weighted by Gasteiger charge is 2.27. The summed E-state index contributed by atoms with van der Waals surface area (Å²) in [5.74, 6) is 0.653. The van der Waals surface area contributed by atoms with Crippen LogP contribution in [0.5, 0.6) is 17.4 Å². The second-order valence-corrected chi connectivity index (χ2v) is 9.18. The first-order valence-corrected chi connectivity index (χ1v) is 12.6. The number of benzene rings is 2. The highest BCUT2D eigenvalue weighted by molar-refractivity contribution is 7.95. The number of fused-ring (bicyclic) bond motifs is 1. The van der Waals surface area contributed by atoms with E-state index < -0.39 is 6.09 Å². The molecule has 2 aromatic carbocycles. The molecule has 1 fully saturated rings. The minimum atomic E-state index is -0.499. The van der Waals surface area contributed by atoms with Crippen LogP contribution in [-0.4, -0.2) is 65.1 Å². The molecule has 10 nitrogen and oxygen atoms in total. The molecule has 0 atom stereocenters. The zero-order valence-corrected chi connectivity index (χ0v) is 21.4. The van der Waals surface area contributed by atoms with Gasteiger partial charge in [-0.25, -0.2) is 9.78 Å². The summed E-state index contributed by atoms with van der Waals surface area (Å²) >= 11 is 1.11. The van der Waals surface area contributed by atoms with Crippen LogP contribution >= 0.6 is 12.0 Å². The number of carbonyl (C=O) groups is 2. The minimum absolute atomic E-state index is 0.220. The lowest BCUT2D eigenvalue weighted by Crippen LogP contribution is -2.51. The van der Waals surface area contributed by atoms with E-state index in [-0.39, 0.29) is 17.5 Å². The number of para-hydroxylation sites is 1. The van der Waals surface area contributed by atoms with Gasteiger partial charge in [-0.3, -0.25) is 9.78 Å². The van der Waals surface area contributed by atoms with Crippen molar-refractivity contribution >= 4 is 40.6 Å². The zero-order valence-electron chi connectivity index (χ0n) is 20.6. The van der Waals surface area contributed by atoms with Crippen LogP contribution in [0, 0.1) is 0 Å². The number of nitrogens with zero attached hydrogens (tertiary/aromatic N) is 4. The van der Waals surface area contributed by atoms with Gasteiger partial charge in [-0.15, -0.1) is 0 Å². The Morgan fingerprint density at radius 3 is 2.39 bits per heavy atom. The van der Waals surface area contributed by atoms with Crippen LogP contribution in [0.2, 0.25) is 0 Å². The van der Waals surface area contributed by atoms with E-state index in [0.29, 0.717) is 43.2 Å². The van der Waals surface area contributed by atoms with E-state index in [1.807, 2.05) is 30.3 Å². The van der Waals surface area contributed by atoms with E-state index in [4.69, 9.17) is 19.4 Å². The van der Waals surface area contributed by atoms with Gasteiger partial charge in [-0.05, 0) is 30.3 Å². The van der Waals surface area contributed by atoms with Crippen molar-refractivity contribution in [3.63, 3.8) is 0 Å². The fourth-order valence-electron chi connectivity index (χ4n) is 4.03. The predicted molar refractivity (Wildman–Crippen MR) is 143 cm³/mol. The molecule has 2 aromatic heterocycles. The Labute approximate surface area is 223 Å². The molecule has 1 aliphatic rings. The molecule has 11 heteroatoms. The lowest BCUT2D eigenvalue weighted by molar-refractivity contribution is 0.0631. The third-order valence-electron chi connectivity index (χ3n) is 6.04. The number of ether oxygens (including phenoxy) is 2. The van der Waals surface area contributed by atoms with Crippen LogP contribution < -0.4 is 19.4 Å². The molecule has 1 saturated heterocycles. The van der Waals surface area contributed by atoms with Crippen molar-refractivity contribution in [2.75, 3.05) is 39.0 Å². The van der Waals surface area contributed by atoms with Crippen LogP contribution in [0.3, 0.4) is 0 Å². The molecule has 194 valence electrons. The molecule has 38 heavy (non-hydrogen) atoms. The van der Waals surface area contributed by atoms with Crippen molar-refractivity contribution in [2.24, 2.45) is 0 Å². The Hall–Kier alpha value is -4.51. The quantitative estimate of drug-likeness (QED) is 0.287. The third-order valence-corrected chi connectivity index (χ3v) is 6.81. The summed E-state index contributed by atoms with van der Waals surface area (Å²) in [6.07, 6.45) is 2.77. The number of piperazine rings is 1. The number of methoxy groups -OCH3 is 1. The first kappa shape index (κ1) is 25.2. The van der Waals surface area contributed by atoms with Gasteiger partial charge in [0.05, 0.1) is 29.6 Å². The molecule has 0 saturated carbocycles. The lowest BCUT2D eigenvalue weighted by atomic mass is 10.1. The Morgan fingerprint density at radius 2 is 1.63 bits per heavy atom. The van der Waals surface area contributed by atoms with Crippen LogP contribution in [0.4, 0.5) is 10.5 Å². The average molecular weight is 532 g/mol. The monoisotopic (exact) mass is 531 g/mol. The number of amides is 2. The molecular weight excluding hydrogens is 506 g/mol. The van der Waals surface area contributed by atoms with Crippen LogP contribution in [-0.2, 0) is 0 Å². The number of rotatable bonds is 6. The first-order valence-electron chi connectivity index (χ1n) is 11.9. The normalized spacial score (nSPS) is 13.3. The summed E-state index contributed by atoms with van der Waals surface area (Å²) in [6, 6.07) is 17.9. The molecule has 3 heterocycles. The van der Waals surface area contributed by atoms with Gasteiger partial charge in [0, 0.05) is 55.6 Å². The summed E-state index contributed by atoms with van der Waals surface area (Å²) < 4.78 is 16.7. The van der Waals surface area contributed by atoms with Gasteiger partial charge in [0.25, 0.3) is 5.91 Å². The van der Waals surface area contributed by atoms with E-state index in [0.717, 1.165) is 27.8 Å². The molecular formula is C27H25N5O5S. The standard InChI is InChI=1S/C27H25N5O5S/c1-35-20-16-19(17-21(24(20)28)37-38-22-8-4-6-18-7-5-11-30-25(18)22)26(33)31-12-14-32(15-13-31)27(34)36-23-9-2-3-10-29-23/h2-11,16-17H,12-15,28H2,1H3. The summed E-state index contributed by atoms with van der Waals surface area (Å²) in [4.78, 5) is 38.3. The zero-order chi connectivity index (χ0) is 26.5. The summed E-state index contributed by atoms with van der Waals surface area (Å²) in [5, 5.41) is 0.985. The third kappa shape index (κ3) is 5.42. The molecule has 4 aromatic rings. The number of nitrogens with two attached hydrogens (primary N) is 1. The Kier molecular flexibility index (Phi) is 7.45. The SMILES string of the molecule is COc1cc(C(=O)N2CCN(C(=O)Oc3ccccn3)CC2)cc(OSc2cccc3cccnc23)c1N. The maximum atomic E-state index is 13.4. The average Bonchev–Trinajstić information content (AvgIpc) is 2.97. The number of hydrogen-bond acceptors (Lipinski definition) is 9. The van der Waals surface area contributed by atoms with E-state index in [9.17, 15) is 9.59 Å². The summed E-state index contributed by atoms with van der Waals surface area (Å²) in [7, 11) is 1.48. The molecule has 0 spiro atoms. The van der Waals surface area contributed by atoms with Crippen molar-refractivity contribution in [3.8, 4) is 17.4 Å². The van der Waals surface area contributed by atoms with E-state index in [1.165, 1.54) is 7.11 Å². The summed E-state index contributed by atoms with van der Waals surface area (Å²) in [6.45, 7) is 1.35. The smallest absolute Gasteiger partial charge is 0.416 e. The molecule has 2 N–H and O–H groups in total. The van der Waals surface area contributed by atoms with Crippen molar-refractivity contribution in [1.29, 1.82) is 0 Å². The van der Waals surface area contributed by atoms with E-state index in [1.54, 1.807) is 52.5 Å². The predicted octanol–water partition coefficient (Wildman–Crippen LogP) is 4.26. The lowest BCUT2D eigenvalue weighted by Gasteiger charge is -2.34. The topological polar surface area (TPSA) is 120 Å². The molecule has 0 unspecified atom stereocenters. The first-order chi connectivity index (χ1) is 18.5. The minimum Gasteiger partial charge on any atom is -0.494 e. The number of hydrogen-bond donors (Lipinski definition) is 1. The van der Waals surface area contributed by atoms with Gasteiger partial charge in [0.1, 0.15) is 11.4 Å². The second-order valence-electron chi connectivity index (χ2n) is 8.40. The van der Waals surface area contributed by atoms with Gasteiger partial charge in [-0.1, -0.05) is 24.3 Å². The van der Waals surface area contributed by atoms with Gasteiger partial charge < -0.3 is 29.2 Å². The second kappa shape index (κ2) is 11.3. The number of anilines is 1. The molecule has 1 aliphatic heterocycles. The molecule has 0 radical (unpaired) electrons.